The van der Waals surface area contributed by atoms with Gasteiger partial charge in [0.05, 0.1) is 28.7 Å². The summed E-state index contributed by atoms with van der Waals surface area (Å²) in [5.41, 5.74) is 2.05. The highest BCUT2D eigenvalue weighted by Crippen LogP contribution is 2.25. The lowest BCUT2D eigenvalue weighted by Crippen LogP contribution is -2.31. The van der Waals surface area contributed by atoms with E-state index >= 15 is 0 Å². The van der Waals surface area contributed by atoms with Crippen molar-refractivity contribution in [2.75, 3.05) is 13.7 Å². The van der Waals surface area contributed by atoms with E-state index in [9.17, 15) is 0 Å². The molecule has 0 aliphatic carbocycles. The molecular formula is C13H15N3OS. The highest BCUT2D eigenvalue weighted by Gasteiger charge is 2.24. The van der Waals surface area contributed by atoms with Crippen molar-refractivity contribution in [3.63, 3.8) is 0 Å². The molecule has 1 aromatic carbocycles. The molecule has 1 heterocycles. The van der Waals surface area contributed by atoms with Crippen LogP contribution in [-0.2, 0) is 10.3 Å². The maximum atomic E-state index is 9.10. The molecule has 0 unspecified atom stereocenters. The van der Waals surface area contributed by atoms with Crippen molar-refractivity contribution < 1.29 is 4.74 Å². The van der Waals surface area contributed by atoms with Gasteiger partial charge in [0.1, 0.15) is 6.07 Å². The zero-order chi connectivity index (χ0) is 13.3. The van der Waals surface area contributed by atoms with Gasteiger partial charge in [0.2, 0.25) is 0 Å². The van der Waals surface area contributed by atoms with E-state index in [0.717, 1.165) is 11.0 Å². The van der Waals surface area contributed by atoms with Crippen molar-refractivity contribution in [1.82, 2.24) is 9.55 Å². The molecule has 0 aliphatic heterocycles. The molecule has 0 spiro atoms. The molecule has 94 valence electrons. The van der Waals surface area contributed by atoms with Gasteiger partial charge in [0.25, 0.3) is 0 Å². The Morgan fingerprint density at radius 1 is 1.50 bits per heavy atom. The van der Waals surface area contributed by atoms with E-state index in [1.165, 1.54) is 0 Å². The number of fused-ring (bicyclic) bond motifs is 1. The Morgan fingerprint density at radius 3 is 2.83 bits per heavy atom. The summed E-state index contributed by atoms with van der Waals surface area (Å²) in [6.45, 7) is 4.66. The number of nitrogens with one attached hydrogen (secondary N) is 1. The fraction of sp³-hybridized carbons (Fsp3) is 0.385. The van der Waals surface area contributed by atoms with Crippen molar-refractivity contribution in [2.24, 2.45) is 0 Å². The molecule has 0 saturated heterocycles. The second kappa shape index (κ2) is 4.56. The average molecular weight is 261 g/mol. The fourth-order valence-corrected chi connectivity index (χ4v) is 2.69. The van der Waals surface area contributed by atoms with E-state index in [2.05, 4.69) is 24.9 Å². The predicted molar refractivity (Wildman–Crippen MR) is 73.0 cm³/mol. The summed E-state index contributed by atoms with van der Waals surface area (Å²) in [5.74, 6) is 0. The number of nitrogens with zero attached hydrogens (tertiary/aromatic N) is 2. The molecule has 4 nitrogen and oxygen atoms in total. The third kappa shape index (κ3) is 1.94. The molecule has 0 amide bonds. The largest absolute Gasteiger partial charge is 0.382 e. The fourth-order valence-electron chi connectivity index (χ4n) is 2.24. The van der Waals surface area contributed by atoms with Crippen LogP contribution in [0.3, 0.4) is 0 Å². The van der Waals surface area contributed by atoms with Gasteiger partial charge in [-0.3, -0.25) is 0 Å². The minimum absolute atomic E-state index is 0.266. The van der Waals surface area contributed by atoms with E-state index in [4.69, 9.17) is 22.2 Å². The Balaban J connectivity index is 2.78. The van der Waals surface area contributed by atoms with Gasteiger partial charge in [0, 0.05) is 7.11 Å². The number of H-pyrrole nitrogens is 1. The molecule has 0 radical (unpaired) electrons. The SMILES string of the molecule is COCC(C)(C)n1c(=S)[nH]c2c(C#N)cccc21. The molecule has 0 bridgehead atoms. The van der Waals surface area contributed by atoms with Crippen molar-refractivity contribution in [1.29, 1.82) is 5.26 Å². The number of nitriles is 1. The molecule has 18 heavy (non-hydrogen) atoms. The number of ether oxygens (including phenoxy) is 1. The maximum absolute atomic E-state index is 9.10. The summed E-state index contributed by atoms with van der Waals surface area (Å²) in [4.78, 5) is 3.11. The number of methoxy groups -OCH3 is 1. The summed E-state index contributed by atoms with van der Waals surface area (Å²) in [7, 11) is 1.67. The Morgan fingerprint density at radius 2 is 2.22 bits per heavy atom. The lowest BCUT2D eigenvalue weighted by molar-refractivity contribution is 0.111. The first kappa shape index (κ1) is 12.8. The van der Waals surface area contributed by atoms with Crippen LogP contribution in [0, 0.1) is 16.1 Å². The number of imidazole rings is 1. The summed E-state index contributed by atoms with van der Waals surface area (Å²) >= 11 is 5.37. The molecule has 1 N–H and O–H groups in total. The van der Waals surface area contributed by atoms with Gasteiger partial charge >= 0.3 is 0 Å². The first-order valence-electron chi connectivity index (χ1n) is 5.64. The standard InChI is InChI=1S/C13H15N3OS/c1-13(2,8-17-3)16-10-6-4-5-9(7-14)11(10)15-12(16)18/h4-6H,8H2,1-3H3,(H,15,18). The minimum Gasteiger partial charge on any atom is -0.382 e. The molecule has 0 saturated carbocycles. The number of benzene rings is 1. The van der Waals surface area contributed by atoms with Crippen LogP contribution in [-0.4, -0.2) is 23.3 Å². The van der Waals surface area contributed by atoms with Crippen LogP contribution in [0.2, 0.25) is 0 Å². The van der Waals surface area contributed by atoms with Gasteiger partial charge < -0.3 is 14.3 Å². The zero-order valence-corrected chi connectivity index (χ0v) is 11.5. The number of aromatic amines is 1. The Kier molecular flexibility index (Phi) is 3.24. The minimum atomic E-state index is -0.266. The van der Waals surface area contributed by atoms with Crippen molar-refractivity contribution in [3.8, 4) is 6.07 Å². The smallest absolute Gasteiger partial charge is 0.178 e. The predicted octanol–water partition coefficient (Wildman–Crippen LogP) is 2.95. The van der Waals surface area contributed by atoms with E-state index in [1.54, 1.807) is 13.2 Å². The third-order valence-corrected chi connectivity index (χ3v) is 3.23. The number of para-hydroxylation sites is 1. The first-order chi connectivity index (χ1) is 8.51. The quantitative estimate of drug-likeness (QED) is 0.864. The third-order valence-electron chi connectivity index (χ3n) is 2.94. The Hall–Kier alpha value is -1.64. The van der Waals surface area contributed by atoms with Crippen LogP contribution in [0.4, 0.5) is 0 Å². The van der Waals surface area contributed by atoms with Gasteiger partial charge in [-0.1, -0.05) is 6.07 Å². The van der Waals surface area contributed by atoms with E-state index < -0.39 is 0 Å². The van der Waals surface area contributed by atoms with Gasteiger partial charge in [-0.25, -0.2) is 0 Å². The molecule has 2 aromatic rings. The second-order valence-corrected chi connectivity index (χ2v) is 5.21. The Bertz CT molecular complexity index is 676. The molecule has 0 aliphatic rings. The van der Waals surface area contributed by atoms with Crippen molar-refractivity contribution in [3.05, 3.63) is 28.5 Å². The van der Waals surface area contributed by atoms with Crippen LogP contribution in [0.1, 0.15) is 19.4 Å². The van der Waals surface area contributed by atoms with E-state index in [1.807, 2.05) is 16.7 Å². The summed E-state index contributed by atoms with van der Waals surface area (Å²) in [5, 5.41) is 9.10. The van der Waals surface area contributed by atoms with Crippen molar-refractivity contribution >= 4 is 23.3 Å². The molecule has 0 atom stereocenters. The molecule has 5 heteroatoms. The lowest BCUT2D eigenvalue weighted by atomic mass is 10.1. The number of rotatable bonds is 3. The number of aromatic nitrogens is 2. The van der Waals surface area contributed by atoms with Crippen LogP contribution < -0.4 is 0 Å². The first-order valence-corrected chi connectivity index (χ1v) is 6.05. The lowest BCUT2D eigenvalue weighted by Gasteiger charge is -2.26. The summed E-state index contributed by atoms with van der Waals surface area (Å²) in [6, 6.07) is 7.77. The monoisotopic (exact) mass is 261 g/mol. The van der Waals surface area contributed by atoms with E-state index in [-0.39, 0.29) is 5.54 Å². The number of hydrogen-bond acceptors (Lipinski definition) is 3. The van der Waals surface area contributed by atoms with Gasteiger partial charge in [0.15, 0.2) is 4.77 Å². The maximum Gasteiger partial charge on any atom is 0.178 e. The molecular weight excluding hydrogens is 246 g/mol. The number of hydrogen-bond donors (Lipinski definition) is 1. The van der Waals surface area contributed by atoms with Crippen LogP contribution in [0.25, 0.3) is 11.0 Å². The van der Waals surface area contributed by atoms with Crippen LogP contribution in [0.15, 0.2) is 18.2 Å². The Labute approximate surface area is 111 Å². The topological polar surface area (TPSA) is 53.7 Å². The second-order valence-electron chi connectivity index (χ2n) is 4.82. The molecule has 0 fully saturated rings. The molecule has 1 aromatic heterocycles. The molecule has 2 rings (SSSR count). The van der Waals surface area contributed by atoms with Crippen molar-refractivity contribution in [2.45, 2.75) is 19.4 Å². The van der Waals surface area contributed by atoms with Gasteiger partial charge in [-0.05, 0) is 38.2 Å². The van der Waals surface area contributed by atoms with Gasteiger partial charge in [-0.15, -0.1) is 0 Å². The highest BCUT2D eigenvalue weighted by atomic mass is 32.1. The van der Waals surface area contributed by atoms with E-state index in [0.29, 0.717) is 16.9 Å². The van der Waals surface area contributed by atoms with Crippen LogP contribution in [0.5, 0.6) is 0 Å². The zero-order valence-electron chi connectivity index (χ0n) is 10.7. The summed E-state index contributed by atoms with van der Waals surface area (Å²) < 4.78 is 7.85. The summed E-state index contributed by atoms with van der Waals surface area (Å²) in [6.07, 6.45) is 0. The van der Waals surface area contributed by atoms with Crippen LogP contribution >= 0.6 is 12.2 Å². The highest BCUT2D eigenvalue weighted by molar-refractivity contribution is 7.71. The average Bonchev–Trinajstić information content (AvgIpc) is 2.65. The normalized spacial score (nSPS) is 11.7. The van der Waals surface area contributed by atoms with Gasteiger partial charge in [-0.2, -0.15) is 5.26 Å².